The lowest BCUT2D eigenvalue weighted by molar-refractivity contribution is -0.0500. The number of alkyl halides is 3. The molecule has 0 fully saturated rings. The zero-order chi connectivity index (χ0) is 14.1. The average molecular weight is 304 g/mol. The maximum Gasteiger partial charge on any atom is 0.534 e. The lowest BCUT2D eigenvalue weighted by atomic mass is 10.4. The van der Waals surface area contributed by atoms with Crippen molar-refractivity contribution in [3.05, 3.63) is 15.8 Å². The number of hydrogen-bond acceptors (Lipinski definition) is 6. The highest BCUT2D eigenvalue weighted by Gasteiger charge is 2.49. The monoisotopic (exact) mass is 304 g/mol. The summed E-state index contributed by atoms with van der Waals surface area (Å²) in [6, 6.07) is 1.01. The number of halogens is 3. The van der Waals surface area contributed by atoms with Crippen molar-refractivity contribution in [2.24, 2.45) is 0 Å². The molecular formula is C8H7F3O5S2. The first kappa shape index (κ1) is 14.8. The maximum atomic E-state index is 12.1. The van der Waals surface area contributed by atoms with Crippen LogP contribution in [0.3, 0.4) is 0 Å². The molecule has 0 atom stereocenters. The third kappa shape index (κ3) is 2.93. The highest BCUT2D eigenvalue weighted by atomic mass is 32.2. The molecule has 1 aromatic heterocycles. The van der Waals surface area contributed by atoms with Crippen molar-refractivity contribution in [3.8, 4) is 5.75 Å². The summed E-state index contributed by atoms with van der Waals surface area (Å²) in [5.41, 5.74) is -5.56. The fourth-order valence-corrected chi connectivity index (χ4v) is 2.32. The normalized spacial score (nSPS) is 12.3. The molecule has 5 nitrogen and oxygen atoms in total. The van der Waals surface area contributed by atoms with Gasteiger partial charge in [-0.2, -0.15) is 21.6 Å². The summed E-state index contributed by atoms with van der Waals surface area (Å²) >= 11 is 0.767. The highest BCUT2D eigenvalue weighted by molar-refractivity contribution is 7.88. The molecule has 1 rings (SSSR count). The number of ether oxygens (including phenoxy) is 1. The molecule has 0 bridgehead atoms. The van der Waals surface area contributed by atoms with E-state index in [2.05, 4.69) is 8.92 Å². The molecule has 1 aromatic rings. The molecule has 102 valence electrons. The van der Waals surface area contributed by atoms with Crippen LogP contribution < -0.4 is 4.18 Å². The summed E-state index contributed by atoms with van der Waals surface area (Å²) in [6.07, 6.45) is 0. The molecule has 0 aliphatic carbocycles. The number of methoxy groups -OCH3 is 1. The van der Waals surface area contributed by atoms with Gasteiger partial charge in [-0.05, 0) is 13.0 Å². The van der Waals surface area contributed by atoms with Crippen LogP contribution in [-0.2, 0) is 14.9 Å². The summed E-state index contributed by atoms with van der Waals surface area (Å²) in [5, 5.41) is 0. The Morgan fingerprint density at radius 3 is 2.39 bits per heavy atom. The van der Waals surface area contributed by atoms with Crippen molar-refractivity contribution in [2.45, 2.75) is 12.4 Å². The Morgan fingerprint density at radius 2 is 1.94 bits per heavy atom. The highest BCUT2D eigenvalue weighted by Crippen LogP contribution is 2.34. The minimum Gasteiger partial charge on any atom is -0.465 e. The molecular weight excluding hydrogens is 297 g/mol. The van der Waals surface area contributed by atoms with Crippen molar-refractivity contribution in [1.82, 2.24) is 0 Å². The van der Waals surface area contributed by atoms with E-state index in [1.165, 1.54) is 6.92 Å². The second-order valence-electron chi connectivity index (χ2n) is 3.03. The molecule has 1 heterocycles. The van der Waals surface area contributed by atoms with Crippen molar-refractivity contribution in [2.75, 3.05) is 7.11 Å². The van der Waals surface area contributed by atoms with Crippen molar-refractivity contribution < 1.29 is 35.3 Å². The van der Waals surface area contributed by atoms with E-state index in [4.69, 9.17) is 0 Å². The van der Waals surface area contributed by atoms with Crippen LogP contribution in [0.25, 0.3) is 0 Å². The molecule has 0 unspecified atom stereocenters. The van der Waals surface area contributed by atoms with Gasteiger partial charge in [-0.15, -0.1) is 11.3 Å². The largest absolute Gasteiger partial charge is 0.534 e. The van der Waals surface area contributed by atoms with Gasteiger partial charge in [0.2, 0.25) is 0 Å². The molecule has 0 N–H and O–H groups in total. The predicted molar refractivity (Wildman–Crippen MR) is 56.0 cm³/mol. The predicted octanol–water partition coefficient (Wildman–Crippen LogP) is 2.07. The second-order valence-corrected chi connectivity index (χ2v) is 5.82. The molecule has 0 amide bonds. The first-order valence-electron chi connectivity index (χ1n) is 4.28. The van der Waals surface area contributed by atoms with Crippen LogP contribution in [0.5, 0.6) is 5.75 Å². The van der Waals surface area contributed by atoms with Gasteiger partial charge in [0.1, 0.15) is 0 Å². The SMILES string of the molecule is COC(=O)c1sc(C)cc1OS(=O)(=O)C(F)(F)F. The van der Waals surface area contributed by atoms with Gasteiger partial charge in [-0.1, -0.05) is 0 Å². The van der Waals surface area contributed by atoms with Crippen LogP contribution in [0.1, 0.15) is 14.5 Å². The lowest BCUT2D eigenvalue weighted by Crippen LogP contribution is -2.28. The molecule has 0 aromatic carbocycles. The van der Waals surface area contributed by atoms with Crippen LogP contribution >= 0.6 is 11.3 Å². The molecule has 0 saturated carbocycles. The fraction of sp³-hybridized carbons (Fsp3) is 0.375. The zero-order valence-corrected chi connectivity index (χ0v) is 10.7. The Hall–Kier alpha value is -1.29. The van der Waals surface area contributed by atoms with Gasteiger partial charge in [0.15, 0.2) is 10.6 Å². The van der Waals surface area contributed by atoms with Gasteiger partial charge >= 0.3 is 21.6 Å². The second kappa shape index (κ2) is 4.76. The molecule has 0 radical (unpaired) electrons. The zero-order valence-electron chi connectivity index (χ0n) is 9.07. The molecule has 18 heavy (non-hydrogen) atoms. The summed E-state index contributed by atoms with van der Waals surface area (Å²) < 4.78 is 66.1. The lowest BCUT2D eigenvalue weighted by Gasteiger charge is -2.08. The Balaban J connectivity index is 3.17. The van der Waals surface area contributed by atoms with Crippen molar-refractivity contribution >= 4 is 27.4 Å². The minimum atomic E-state index is -5.80. The van der Waals surface area contributed by atoms with E-state index < -0.39 is 27.3 Å². The number of esters is 1. The number of rotatable bonds is 3. The maximum absolute atomic E-state index is 12.1. The van der Waals surface area contributed by atoms with Crippen molar-refractivity contribution in [1.29, 1.82) is 0 Å². The van der Waals surface area contributed by atoms with E-state index in [-0.39, 0.29) is 4.88 Å². The average Bonchev–Trinajstić information content (AvgIpc) is 2.55. The Morgan fingerprint density at radius 1 is 1.39 bits per heavy atom. The number of aryl methyl sites for hydroxylation is 1. The fourth-order valence-electron chi connectivity index (χ4n) is 0.953. The summed E-state index contributed by atoms with van der Waals surface area (Å²) in [7, 11) is -4.79. The first-order chi connectivity index (χ1) is 8.08. The smallest absolute Gasteiger partial charge is 0.465 e. The van der Waals surface area contributed by atoms with Gasteiger partial charge in [-0.3, -0.25) is 0 Å². The molecule has 0 aliphatic rings. The van der Waals surface area contributed by atoms with Crippen LogP contribution in [0, 0.1) is 6.92 Å². The Bertz CT molecular complexity index is 558. The Kier molecular flexibility index (Phi) is 3.91. The van der Waals surface area contributed by atoms with Crippen LogP contribution in [0.2, 0.25) is 0 Å². The van der Waals surface area contributed by atoms with E-state index in [0.717, 1.165) is 24.5 Å². The molecule has 10 heteroatoms. The molecule has 0 saturated heterocycles. The number of carbonyl (C=O) groups is 1. The van der Waals surface area contributed by atoms with Crippen LogP contribution in [0.15, 0.2) is 6.07 Å². The van der Waals surface area contributed by atoms with E-state index in [1.807, 2.05) is 0 Å². The quantitative estimate of drug-likeness (QED) is 0.486. The number of carbonyl (C=O) groups excluding carboxylic acids is 1. The topological polar surface area (TPSA) is 69.7 Å². The summed E-state index contributed by atoms with van der Waals surface area (Å²) in [5.74, 6) is -1.66. The minimum absolute atomic E-state index is 0.345. The van der Waals surface area contributed by atoms with E-state index >= 15 is 0 Å². The van der Waals surface area contributed by atoms with Crippen molar-refractivity contribution in [3.63, 3.8) is 0 Å². The van der Waals surface area contributed by atoms with Gasteiger partial charge in [-0.25, -0.2) is 4.79 Å². The Labute approximate surface area is 104 Å². The standard InChI is InChI=1S/C8H7F3O5S2/c1-4-3-5(6(17-4)7(12)15-2)16-18(13,14)8(9,10)11/h3H,1-2H3. The van der Waals surface area contributed by atoms with E-state index in [0.29, 0.717) is 4.88 Å². The third-order valence-electron chi connectivity index (χ3n) is 1.67. The molecule has 0 spiro atoms. The van der Waals surface area contributed by atoms with Crippen LogP contribution in [-0.4, -0.2) is 27.0 Å². The van der Waals surface area contributed by atoms with Crippen LogP contribution in [0.4, 0.5) is 13.2 Å². The van der Waals surface area contributed by atoms with Gasteiger partial charge in [0, 0.05) is 4.88 Å². The molecule has 0 aliphatic heterocycles. The van der Waals surface area contributed by atoms with E-state index in [1.54, 1.807) is 0 Å². The number of thiophene rings is 1. The summed E-state index contributed by atoms with van der Waals surface area (Å²) in [6.45, 7) is 1.48. The number of hydrogen-bond donors (Lipinski definition) is 0. The summed E-state index contributed by atoms with van der Waals surface area (Å²) in [4.78, 5) is 11.3. The third-order valence-corrected chi connectivity index (χ3v) is 3.65. The van der Waals surface area contributed by atoms with Gasteiger partial charge in [0.05, 0.1) is 7.11 Å². The first-order valence-corrected chi connectivity index (χ1v) is 6.50. The van der Waals surface area contributed by atoms with Gasteiger partial charge in [0.25, 0.3) is 0 Å². The van der Waals surface area contributed by atoms with Gasteiger partial charge < -0.3 is 8.92 Å². The van der Waals surface area contributed by atoms with E-state index in [9.17, 15) is 26.4 Å².